The first kappa shape index (κ1) is 14.9. The second-order valence-corrected chi connectivity index (χ2v) is 4.34. The van der Waals surface area contributed by atoms with E-state index in [1.807, 2.05) is 18.2 Å². The van der Waals surface area contributed by atoms with E-state index in [0.717, 1.165) is 0 Å². The summed E-state index contributed by atoms with van der Waals surface area (Å²) in [5.41, 5.74) is 3.50. The number of benzene rings is 3. The van der Waals surface area contributed by atoms with Crippen LogP contribution in [-0.2, 0) is 0 Å². The third-order valence-corrected chi connectivity index (χ3v) is 3.04. The number of hydrogen-bond acceptors (Lipinski definition) is 1. The van der Waals surface area contributed by atoms with Crippen molar-refractivity contribution >= 4 is 25.2 Å². The van der Waals surface area contributed by atoms with Crippen LogP contribution in [0.4, 0.5) is 21.4 Å². The van der Waals surface area contributed by atoms with Crippen molar-refractivity contribution in [2.24, 2.45) is 0 Å². The highest BCUT2D eigenvalue weighted by Crippen LogP contribution is 2.33. The van der Waals surface area contributed by atoms with Crippen LogP contribution in [-0.4, -0.2) is 8.12 Å². The summed E-state index contributed by atoms with van der Waals surface area (Å²) < 4.78 is 9.00. The summed E-state index contributed by atoms with van der Waals surface area (Å²) in [6, 6.07) is 31.3. The average molecular weight is 275 g/mol. The summed E-state index contributed by atoms with van der Waals surface area (Å²) in [5, 5.41) is 0. The van der Waals surface area contributed by atoms with Crippen molar-refractivity contribution in [1.29, 1.82) is 0 Å². The standard InChI is InChI=1S/C18H15N.BF/c1-4-10-16(11-5-1)19(17-12-6-2-7-13-17)18-14-8-3-9-15-18;1-2/h1-15H;. The summed E-state index contributed by atoms with van der Waals surface area (Å²) in [4.78, 5) is 2.25. The molecule has 0 spiro atoms. The Morgan fingerprint density at radius 2 is 0.714 bits per heavy atom. The van der Waals surface area contributed by atoms with Gasteiger partial charge in [0.1, 0.15) is 0 Å². The van der Waals surface area contributed by atoms with Gasteiger partial charge in [0.05, 0.1) is 0 Å². The summed E-state index contributed by atoms with van der Waals surface area (Å²) in [6.07, 6.45) is 0. The van der Waals surface area contributed by atoms with Crippen molar-refractivity contribution < 1.29 is 4.32 Å². The second-order valence-electron chi connectivity index (χ2n) is 4.34. The Morgan fingerprint density at radius 1 is 0.476 bits per heavy atom. The molecule has 0 atom stereocenters. The van der Waals surface area contributed by atoms with Crippen LogP contribution >= 0.6 is 0 Å². The molecule has 0 unspecified atom stereocenters. The number of anilines is 3. The fourth-order valence-corrected chi connectivity index (χ4v) is 2.18. The molecule has 0 saturated carbocycles. The molecule has 102 valence electrons. The topological polar surface area (TPSA) is 3.24 Å². The van der Waals surface area contributed by atoms with E-state index in [1.165, 1.54) is 17.1 Å². The van der Waals surface area contributed by atoms with Gasteiger partial charge in [-0.15, -0.1) is 0 Å². The minimum Gasteiger partial charge on any atom is -0.350 e. The number of para-hydroxylation sites is 3. The van der Waals surface area contributed by atoms with E-state index in [9.17, 15) is 0 Å². The van der Waals surface area contributed by atoms with Crippen molar-refractivity contribution in [3.8, 4) is 0 Å². The molecule has 0 amide bonds. The van der Waals surface area contributed by atoms with E-state index in [0.29, 0.717) is 0 Å². The summed E-state index contributed by atoms with van der Waals surface area (Å²) >= 11 is 0. The maximum Gasteiger partial charge on any atom is 0.350 e. The minimum absolute atomic E-state index is 1.17. The van der Waals surface area contributed by atoms with E-state index in [4.69, 9.17) is 4.32 Å². The third-order valence-electron chi connectivity index (χ3n) is 3.04. The Bertz CT molecular complexity index is 535. The summed E-state index contributed by atoms with van der Waals surface area (Å²) in [7, 11) is 3.00. The van der Waals surface area contributed by atoms with E-state index in [-0.39, 0.29) is 0 Å². The van der Waals surface area contributed by atoms with Gasteiger partial charge in [-0.1, -0.05) is 54.6 Å². The lowest BCUT2D eigenvalue weighted by Gasteiger charge is -2.25. The van der Waals surface area contributed by atoms with Crippen molar-refractivity contribution in [2.75, 3.05) is 4.90 Å². The monoisotopic (exact) mass is 275 g/mol. The lowest BCUT2D eigenvalue weighted by atomic mass is 10.2. The van der Waals surface area contributed by atoms with Crippen LogP contribution in [0.5, 0.6) is 0 Å². The highest BCUT2D eigenvalue weighted by molar-refractivity contribution is 5.96. The van der Waals surface area contributed by atoms with Gasteiger partial charge in [-0.25, -0.2) is 0 Å². The van der Waals surface area contributed by atoms with Crippen molar-refractivity contribution in [1.82, 2.24) is 0 Å². The van der Waals surface area contributed by atoms with Gasteiger partial charge >= 0.3 is 8.12 Å². The second kappa shape index (κ2) is 7.90. The molecule has 0 saturated heterocycles. The van der Waals surface area contributed by atoms with E-state index >= 15 is 0 Å². The molecular weight excluding hydrogens is 260 g/mol. The Hall–Kier alpha value is -2.55. The van der Waals surface area contributed by atoms with Crippen LogP contribution in [0, 0.1) is 0 Å². The molecule has 2 radical (unpaired) electrons. The van der Waals surface area contributed by atoms with Gasteiger partial charge in [0.2, 0.25) is 0 Å². The molecule has 3 heteroatoms. The van der Waals surface area contributed by atoms with Gasteiger partial charge in [-0.2, -0.15) is 0 Å². The zero-order chi connectivity index (χ0) is 14.9. The molecule has 1 nitrogen and oxygen atoms in total. The van der Waals surface area contributed by atoms with Gasteiger partial charge in [-0.3, -0.25) is 0 Å². The Labute approximate surface area is 126 Å². The molecule has 0 aromatic heterocycles. The van der Waals surface area contributed by atoms with E-state index in [2.05, 4.69) is 85.8 Å². The number of hydrogen-bond donors (Lipinski definition) is 0. The van der Waals surface area contributed by atoms with E-state index < -0.39 is 0 Å². The van der Waals surface area contributed by atoms with Crippen LogP contribution < -0.4 is 4.90 Å². The normalized spacial score (nSPS) is 9.38. The maximum atomic E-state index is 9.00. The highest BCUT2D eigenvalue weighted by atomic mass is 19.1. The van der Waals surface area contributed by atoms with Gasteiger partial charge in [0, 0.05) is 17.1 Å². The van der Waals surface area contributed by atoms with Crippen molar-refractivity contribution in [3.05, 3.63) is 91.0 Å². The number of rotatable bonds is 3. The predicted molar refractivity (Wildman–Crippen MR) is 88.0 cm³/mol. The predicted octanol–water partition coefficient (Wildman–Crippen LogP) is 5.20. The van der Waals surface area contributed by atoms with Crippen LogP contribution in [0.3, 0.4) is 0 Å². The lowest BCUT2D eigenvalue weighted by Crippen LogP contribution is -2.09. The van der Waals surface area contributed by atoms with Crippen LogP contribution in [0.1, 0.15) is 0 Å². The molecule has 0 aliphatic carbocycles. The molecule has 3 aromatic carbocycles. The fraction of sp³-hybridized carbons (Fsp3) is 0. The maximum absolute atomic E-state index is 9.00. The zero-order valence-corrected chi connectivity index (χ0v) is 11.6. The molecule has 3 aromatic rings. The quantitative estimate of drug-likeness (QED) is 0.594. The Kier molecular flexibility index (Phi) is 5.59. The third kappa shape index (κ3) is 3.73. The molecule has 3 rings (SSSR count). The first-order chi connectivity index (χ1) is 10.4. The molecular formula is C18H15BFN. The first-order valence-corrected chi connectivity index (χ1v) is 6.62. The van der Waals surface area contributed by atoms with E-state index in [1.54, 1.807) is 0 Å². The fourth-order valence-electron chi connectivity index (χ4n) is 2.18. The highest BCUT2D eigenvalue weighted by Gasteiger charge is 2.10. The Balaban J connectivity index is 0.000000774. The van der Waals surface area contributed by atoms with Gasteiger partial charge in [0.15, 0.2) is 0 Å². The SMILES string of the molecule is [B]F.c1ccc(N(c2ccccc2)c2ccccc2)cc1. The number of nitrogens with zero attached hydrogens (tertiary/aromatic N) is 1. The lowest BCUT2D eigenvalue weighted by molar-refractivity contribution is 0.902. The van der Waals surface area contributed by atoms with Crippen molar-refractivity contribution in [3.63, 3.8) is 0 Å². The molecule has 0 aliphatic heterocycles. The van der Waals surface area contributed by atoms with Crippen molar-refractivity contribution in [2.45, 2.75) is 0 Å². The van der Waals surface area contributed by atoms with Gasteiger partial charge in [0.25, 0.3) is 0 Å². The summed E-state index contributed by atoms with van der Waals surface area (Å²) in [5.74, 6) is 0. The van der Waals surface area contributed by atoms with Crippen LogP contribution in [0.15, 0.2) is 91.0 Å². The smallest absolute Gasteiger partial charge is 0.350 e. The van der Waals surface area contributed by atoms with Crippen LogP contribution in [0.2, 0.25) is 0 Å². The summed E-state index contributed by atoms with van der Waals surface area (Å²) in [6.45, 7) is 0. The van der Waals surface area contributed by atoms with Gasteiger partial charge in [-0.05, 0) is 36.4 Å². The molecule has 0 bridgehead atoms. The molecule has 0 heterocycles. The van der Waals surface area contributed by atoms with Crippen LogP contribution in [0.25, 0.3) is 0 Å². The minimum atomic E-state index is 1.17. The van der Waals surface area contributed by atoms with Gasteiger partial charge < -0.3 is 9.22 Å². The average Bonchev–Trinajstić information content (AvgIpc) is 2.60. The molecule has 0 fully saturated rings. The molecule has 21 heavy (non-hydrogen) atoms. The first-order valence-electron chi connectivity index (χ1n) is 6.62. The zero-order valence-electron chi connectivity index (χ0n) is 11.6. The Morgan fingerprint density at radius 3 is 0.952 bits per heavy atom. The molecule has 0 aliphatic rings. The molecule has 0 N–H and O–H groups in total. The number of halogens is 1. The largest absolute Gasteiger partial charge is 0.350 e.